The second-order valence-corrected chi connectivity index (χ2v) is 5.76. The van der Waals surface area contributed by atoms with E-state index in [9.17, 15) is 22.8 Å². The third-order valence-corrected chi connectivity index (χ3v) is 3.51. The highest BCUT2D eigenvalue weighted by molar-refractivity contribution is 6.31. The molecule has 0 bridgehead atoms. The molecule has 0 radical (unpaired) electrons. The number of aliphatic carboxylic acids is 1. The van der Waals surface area contributed by atoms with Crippen LogP contribution < -0.4 is 16.8 Å². The molecule has 1 aromatic carbocycles. The minimum Gasteiger partial charge on any atom is -0.475 e. The Morgan fingerprint density at radius 2 is 1.79 bits per heavy atom. The van der Waals surface area contributed by atoms with E-state index in [-0.39, 0.29) is 6.61 Å². The van der Waals surface area contributed by atoms with Gasteiger partial charge < -0.3 is 26.6 Å². The quantitative estimate of drug-likeness (QED) is 0.468. The normalized spacial score (nSPS) is 11.6. The lowest BCUT2D eigenvalue weighted by Crippen LogP contribution is -2.44. The number of unbranched alkanes of at least 4 members (excludes halogenated alkanes) is 1. The fourth-order valence-electron chi connectivity index (χ4n) is 1.72. The largest absolute Gasteiger partial charge is 0.490 e. The summed E-state index contributed by atoms with van der Waals surface area (Å²) in [5.74, 6) is -3.35. The highest BCUT2D eigenvalue weighted by atomic mass is 35.5. The molecule has 158 valence electrons. The summed E-state index contributed by atoms with van der Waals surface area (Å²) in [7, 11) is 0. The summed E-state index contributed by atoms with van der Waals surface area (Å²) in [4.78, 5) is 31.8. The number of ether oxygens (including phenoxy) is 1. The third-order valence-electron chi connectivity index (χ3n) is 3.14. The standard InChI is InChI=1S/C14H20ClN3O3.C2HF3O2/c15-11-6-2-1-5-10(11)9-21-14(20)18-12(13(17)19)7-3-4-8-16;3-2(4,5)1(6)7/h1-2,5-6,12H,3-4,7-9,16H2,(H2,17,19)(H,18,20);(H,6,7)/t12-;/m0./s1. The molecule has 0 aliphatic rings. The predicted molar refractivity (Wildman–Crippen MR) is 94.4 cm³/mol. The molecule has 1 rings (SSSR count). The Balaban J connectivity index is 0.000000887. The highest BCUT2D eigenvalue weighted by Crippen LogP contribution is 2.15. The van der Waals surface area contributed by atoms with Crippen LogP contribution in [0.3, 0.4) is 0 Å². The number of carbonyl (C=O) groups excluding carboxylic acids is 2. The summed E-state index contributed by atoms with van der Waals surface area (Å²) in [6.07, 6.45) is -3.88. The van der Waals surface area contributed by atoms with Crippen molar-refractivity contribution in [1.29, 1.82) is 0 Å². The summed E-state index contributed by atoms with van der Waals surface area (Å²) in [6.45, 7) is 0.558. The van der Waals surface area contributed by atoms with Gasteiger partial charge in [-0.15, -0.1) is 0 Å². The molecule has 0 fully saturated rings. The van der Waals surface area contributed by atoms with Crippen LogP contribution in [-0.2, 0) is 20.9 Å². The molecule has 0 saturated heterocycles. The van der Waals surface area contributed by atoms with Gasteiger partial charge in [0.2, 0.25) is 5.91 Å². The molecule has 0 aromatic heterocycles. The van der Waals surface area contributed by atoms with Crippen LogP contribution in [0.1, 0.15) is 24.8 Å². The number of alkyl carbamates (subject to hydrolysis) is 1. The summed E-state index contributed by atoms with van der Waals surface area (Å²) < 4.78 is 36.8. The van der Waals surface area contributed by atoms with Crippen molar-refractivity contribution < 1.29 is 37.4 Å². The van der Waals surface area contributed by atoms with E-state index in [1.165, 1.54) is 0 Å². The first-order valence-electron chi connectivity index (χ1n) is 7.95. The van der Waals surface area contributed by atoms with E-state index in [2.05, 4.69) is 5.32 Å². The number of rotatable bonds is 8. The number of halogens is 4. The van der Waals surface area contributed by atoms with Gasteiger partial charge in [0.15, 0.2) is 0 Å². The van der Waals surface area contributed by atoms with Gasteiger partial charge in [0.05, 0.1) is 0 Å². The number of carboxylic acids is 1. The van der Waals surface area contributed by atoms with E-state index in [4.69, 9.17) is 37.7 Å². The number of carbonyl (C=O) groups is 3. The molecule has 1 atom stereocenters. The van der Waals surface area contributed by atoms with Crippen LogP contribution in [0.5, 0.6) is 0 Å². The lowest BCUT2D eigenvalue weighted by Gasteiger charge is -2.15. The molecule has 6 N–H and O–H groups in total. The Hall–Kier alpha value is -2.53. The Labute approximate surface area is 164 Å². The fraction of sp³-hybridized carbons (Fsp3) is 0.438. The van der Waals surface area contributed by atoms with Crippen molar-refractivity contribution >= 4 is 29.6 Å². The first-order chi connectivity index (χ1) is 13.0. The fourth-order valence-corrected chi connectivity index (χ4v) is 1.91. The van der Waals surface area contributed by atoms with Gasteiger partial charge >= 0.3 is 18.2 Å². The maximum absolute atomic E-state index is 11.7. The number of nitrogens with one attached hydrogen (secondary N) is 1. The van der Waals surface area contributed by atoms with Gasteiger partial charge in [-0.25, -0.2) is 9.59 Å². The van der Waals surface area contributed by atoms with Crippen LogP contribution in [0.4, 0.5) is 18.0 Å². The van der Waals surface area contributed by atoms with Gasteiger partial charge in [-0.05, 0) is 31.9 Å². The SMILES string of the molecule is NCCCC[C@H](NC(=O)OCc1ccccc1Cl)C(N)=O.O=C(O)C(F)(F)F. The van der Waals surface area contributed by atoms with Gasteiger partial charge in [-0.2, -0.15) is 13.2 Å². The Morgan fingerprint density at radius 1 is 1.21 bits per heavy atom. The Kier molecular flexibility index (Phi) is 11.6. The first-order valence-corrected chi connectivity index (χ1v) is 8.33. The van der Waals surface area contributed by atoms with Gasteiger partial charge in [0.1, 0.15) is 12.6 Å². The lowest BCUT2D eigenvalue weighted by molar-refractivity contribution is -0.192. The zero-order valence-electron chi connectivity index (χ0n) is 14.7. The van der Waals surface area contributed by atoms with E-state index in [1.54, 1.807) is 24.3 Å². The van der Waals surface area contributed by atoms with E-state index in [0.717, 1.165) is 6.42 Å². The monoisotopic (exact) mass is 427 g/mol. The zero-order valence-corrected chi connectivity index (χ0v) is 15.4. The average molecular weight is 428 g/mol. The summed E-state index contributed by atoms with van der Waals surface area (Å²) >= 11 is 5.95. The van der Waals surface area contributed by atoms with E-state index in [0.29, 0.717) is 30.0 Å². The van der Waals surface area contributed by atoms with Crippen LogP contribution in [-0.4, -0.2) is 41.8 Å². The molecule has 1 aromatic rings. The summed E-state index contributed by atoms with van der Waals surface area (Å²) in [5, 5.41) is 10.1. The van der Waals surface area contributed by atoms with Crippen molar-refractivity contribution in [1.82, 2.24) is 5.32 Å². The topological polar surface area (TPSA) is 145 Å². The lowest BCUT2D eigenvalue weighted by atomic mass is 10.1. The van der Waals surface area contributed by atoms with Crippen LogP contribution in [0.25, 0.3) is 0 Å². The van der Waals surface area contributed by atoms with Crippen LogP contribution >= 0.6 is 11.6 Å². The molecule has 0 aliphatic carbocycles. The molecule has 12 heteroatoms. The zero-order chi connectivity index (χ0) is 21.7. The number of hydrogen-bond acceptors (Lipinski definition) is 5. The van der Waals surface area contributed by atoms with E-state index in [1.807, 2.05) is 0 Å². The summed E-state index contributed by atoms with van der Waals surface area (Å²) in [5.41, 5.74) is 11.3. The second-order valence-electron chi connectivity index (χ2n) is 5.35. The van der Waals surface area contributed by atoms with Gasteiger partial charge in [0, 0.05) is 10.6 Å². The average Bonchev–Trinajstić information content (AvgIpc) is 2.60. The maximum Gasteiger partial charge on any atom is 0.490 e. The second kappa shape index (κ2) is 12.8. The summed E-state index contributed by atoms with van der Waals surface area (Å²) in [6, 6.07) is 6.28. The number of carboxylic acid groups (broad SMARTS) is 1. The molecular weight excluding hydrogens is 407 g/mol. The molecular formula is C16H21ClF3N3O5. The molecule has 0 spiro atoms. The molecule has 0 heterocycles. The van der Waals surface area contributed by atoms with Crippen LogP contribution in [0.15, 0.2) is 24.3 Å². The minimum atomic E-state index is -5.08. The number of amides is 2. The third kappa shape index (κ3) is 11.2. The Morgan fingerprint density at radius 3 is 2.25 bits per heavy atom. The van der Waals surface area contributed by atoms with Crippen molar-refractivity contribution in [3.8, 4) is 0 Å². The van der Waals surface area contributed by atoms with Gasteiger partial charge in [-0.3, -0.25) is 4.79 Å². The number of nitrogens with two attached hydrogens (primary N) is 2. The number of primary amides is 1. The van der Waals surface area contributed by atoms with Gasteiger partial charge in [-0.1, -0.05) is 29.8 Å². The van der Waals surface area contributed by atoms with Crippen molar-refractivity contribution in [2.24, 2.45) is 11.5 Å². The van der Waals surface area contributed by atoms with Crippen molar-refractivity contribution in [2.45, 2.75) is 38.1 Å². The highest BCUT2D eigenvalue weighted by Gasteiger charge is 2.38. The van der Waals surface area contributed by atoms with Crippen LogP contribution in [0.2, 0.25) is 5.02 Å². The van der Waals surface area contributed by atoms with Crippen molar-refractivity contribution in [3.05, 3.63) is 34.9 Å². The van der Waals surface area contributed by atoms with Gasteiger partial charge in [0.25, 0.3) is 0 Å². The molecule has 0 aliphatic heterocycles. The minimum absolute atomic E-state index is 0.0276. The molecule has 28 heavy (non-hydrogen) atoms. The van der Waals surface area contributed by atoms with E-state index >= 15 is 0 Å². The molecule has 8 nitrogen and oxygen atoms in total. The van der Waals surface area contributed by atoms with Crippen LogP contribution in [0, 0.1) is 0 Å². The predicted octanol–water partition coefficient (Wildman–Crippen LogP) is 2.18. The van der Waals surface area contributed by atoms with Crippen molar-refractivity contribution in [3.63, 3.8) is 0 Å². The number of benzene rings is 1. The number of hydrogen-bond donors (Lipinski definition) is 4. The van der Waals surface area contributed by atoms with Crippen molar-refractivity contribution in [2.75, 3.05) is 6.54 Å². The molecule has 0 unspecified atom stereocenters. The smallest absolute Gasteiger partial charge is 0.475 e. The van der Waals surface area contributed by atoms with E-state index < -0.39 is 30.2 Å². The molecule has 2 amide bonds. The molecule has 0 saturated carbocycles. The number of alkyl halides is 3. The maximum atomic E-state index is 11.7. The Bertz CT molecular complexity index is 659. The first kappa shape index (κ1) is 25.5.